The lowest BCUT2D eigenvalue weighted by Crippen LogP contribution is -2.43. The van der Waals surface area contributed by atoms with Crippen molar-refractivity contribution in [3.8, 4) is 28.4 Å². The number of benzene rings is 3. The number of anilines is 1. The molecular formula is C31H36FN3O5. The van der Waals surface area contributed by atoms with E-state index in [9.17, 15) is 4.39 Å². The number of rotatable bonds is 12. The van der Waals surface area contributed by atoms with Gasteiger partial charge in [-0.1, -0.05) is 12.1 Å². The van der Waals surface area contributed by atoms with Gasteiger partial charge in [0.2, 0.25) is 0 Å². The minimum absolute atomic E-state index is 0.0565. The highest BCUT2D eigenvalue weighted by Crippen LogP contribution is 2.41. The zero-order chi connectivity index (χ0) is 27.9. The Bertz CT molecular complexity index is 1380. The van der Waals surface area contributed by atoms with Gasteiger partial charge in [-0.2, -0.15) is 4.98 Å². The van der Waals surface area contributed by atoms with E-state index >= 15 is 0 Å². The number of ether oxygens (including phenoxy) is 3. The zero-order valence-electron chi connectivity index (χ0n) is 23.0. The van der Waals surface area contributed by atoms with Gasteiger partial charge in [0.1, 0.15) is 35.2 Å². The van der Waals surface area contributed by atoms with Gasteiger partial charge in [-0.25, -0.2) is 4.39 Å². The first-order valence-electron chi connectivity index (χ1n) is 13.9. The fourth-order valence-corrected chi connectivity index (χ4v) is 5.11. The molecule has 8 nitrogen and oxygen atoms in total. The Balaban J connectivity index is 1.54. The van der Waals surface area contributed by atoms with Gasteiger partial charge in [0.25, 0.3) is 6.01 Å². The summed E-state index contributed by atoms with van der Waals surface area (Å²) < 4.78 is 37.7. The van der Waals surface area contributed by atoms with Gasteiger partial charge >= 0.3 is 0 Å². The molecular weight excluding hydrogens is 513 g/mol. The molecule has 40 heavy (non-hydrogen) atoms. The summed E-state index contributed by atoms with van der Waals surface area (Å²) >= 11 is 0. The van der Waals surface area contributed by atoms with Gasteiger partial charge in [-0.3, -0.25) is 0 Å². The highest BCUT2D eigenvalue weighted by Gasteiger charge is 2.27. The summed E-state index contributed by atoms with van der Waals surface area (Å²) in [6, 6.07) is 16.7. The van der Waals surface area contributed by atoms with E-state index in [2.05, 4.69) is 10.2 Å². The Kier molecular flexibility index (Phi) is 9.03. The number of piperidine rings is 1. The monoisotopic (exact) mass is 549 g/mol. The third-order valence-corrected chi connectivity index (χ3v) is 6.91. The lowest BCUT2D eigenvalue weighted by molar-refractivity contribution is 0.201. The van der Waals surface area contributed by atoms with Crippen molar-refractivity contribution in [3.05, 3.63) is 66.0 Å². The standard InChI is InChI=1S/C31H36FN3O5/c1-3-37-28-17-21(18-29(38-4-2)30(28)22-5-7-23(32)8-6-22)20-35(24-11-13-33-14-12-24)31-34-26-19-25(39-16-15-36)9-10-27(26)40-31/h5-10,17-19,24,33,36H,3-4,11-16,20H2,1-2H3. The number of aliphatic hydroxyl groups excluding tert-OH is 1. The molecule has 0 radical (unpaired) electrons. The quantitative estimate of drug-likeness (QED) is 0.237. The Hall–Kier alpha value is -3.82. The van der Waals surface area contributed by atoms with E-state index in [1.54, 1.807) is 12.1 Å². The van der Waals surface area contributed by atoms with Gasteiger partial charge in [-0.05, 0) is 87.3 Å². The topological polar surface area (TPSA) is 89.2 Å². The number of oxazole rings is 1. The molecule has 0 aliphatic carbocycles. The van der Waals surface area contributed by atoms with Crippen LogP contribution < -0.4 is 24.4 Å². The van der Waals surface area contributed by atoms with Crippen LogP contribution in [0.2, 0.25) is 0 Å². The van der Waals surface area contributed by atoms with Crippen LogP contribution in [0.25, 0.3) is 22.2 Å². The first-order chi connectivity index (χ1) is 19.6. The Labute approximate surface area is 233 Å². The number of hydrogen-bond donors (Lipinski definition) is 2. The van der Waals surface area contributed by atoms with E-state index < -0.39 is 0 Å². The van der Waals surface area contributed by atoms with Crippen LogP contribution in [0.3, 0.4) is 0 Å². The SMILES string of the molecule is CCOc1cc(CN(c2nc3cc(OCCO)ccc3o2)C2CCNCC2)cc(OCC)c1-c1ccc(F)cc1. The molecule has 3 aromatic carbocycles. The number of aliphatic hydroxyl groups is 1. The molecule has 0 atom stereocenters. The van der Waals surface area contributed by atoms with E-state index in [4.69, 9.17) is 28.7 Å². The maximum atomic E-state index is 13.7. The second-order valence-electron chi connectivity index (χ2n) is 9.65. The van der Waals surface area contributed by atoms with E-state index in [1.165, 1.54) is 12.1 Å². The largest absolute Gasteiger partial charge is 0.493 e. The molecule has 1 saturated heterocycles. The van der Waals surface area contributed by atoms with Crippen molar-refractivity contribution in [2.75, 3.05) is 44.4 Å². The first kappa shape index (κ1) is 27.7. The summed E-state index contributed by atoms with van der Waals surface area (Å²) in [5.74, 6) is 1.71. The summed E-state index contributed by atoms with van der Waals surface area (Å²) in [4.78, 5) is 7.06. The van der Waals surface area contributed by atoms with Crippen LogP contribution in [0.4, 0.5) is 10.4 Å². The molecule has 1 aliphatic heterocycles. The van der Waals surface area contributed by atoms with Crippen LogP contribution in [-0.4, -0.2) is 55.6 Å². The molecule has 5 rings (SSSR count). The average Bonchev–Trinajstić information content (AvgIpc) is 3.39. The van der Waals surface area contributed by atoms with Gasteiger partial charge in [0.05, 0.1) is 25.4 Å². The lowest BCUT2D eigenvalue weighted by atomic mass is 9.99. The molecule has 212 valence electrons. The predicted molar refractivity (Wildman–Crippen MR) is 153 cm³/mol. The van der Waals surface area contributed by atoms with Crippen LogP contribution in [0.1, 0.15) is 32.3 Å². The first-order valence-corrected chi connectivity index (χ1v) is 13.9. The third-order valence-electron chi connectivity index (χ3n) is 6.91. The van der Waals surface area contributed by atoms with Crippen LogP contribution in [0.15, 0.2) is 59.0 Å². The minimum atomic E-state index is -0.292. The molecule has 1 fully saturated rings. The molecule has 4 aromatic rings. The van der Waals surface area contributed by atoms with Gasteiger partial charge in [-0.15, -0.1) is 0 Å². The van der Waals surface area contributed by atoms with E-state index in [-0.39, 0.29) is 25.1 Å². The van der Waals surface area contributed by atoms with Crippen molar-refractivity contribution < 1.29 is 28.1 Å². The number of hydrogen-bond acceptors (Lipinski definition) is 8. The summed E-state index contributed by atoms with van der Waals surface area (Å²) in [5, 5.41) is 12.5. The molecule has 1 aliphatic rings. The Morgan fingerprint density at radius 1 is 0.975 bits per heavy atom. The normalized spacial score (nSPS) is 13.9. The fraction of sp³-hybridized carbons (Fsp3) is 0.387. The van der Waals surface area contributed by atoms with Crippen LogP contribution in [0, 0.1) is 5.82 Å². The summed E-state index contributed by atoms with van der Waals surface area (Å²) in [6.45, 7) is 7.38. The average molecular weight is 550 g/mol. The molecule has 0 amide bonds. The fourth-order valence-electron chi connectivity index (χ4n) is 5.11. The van der Waals surface area contributed by atoms with Crippen molar-refractivity contribution in [1.29, 1.82) is 0 Å². The number of fused-ring (bicyclic) bond motifs is 1. The van der Waals surface area contributed by atoms with Crippen molar-refractivity contribution in [3.63, 3.8) is 0 Å². The third kappa shape index (κ3) is 6.32. The number of nitrogens with zero attached hydrogens (tertiary/aromatic N) is 2. The highest BCUT2D eigenvalue weighted by atomic mass is 19.1. The molecule has 9 heteroatoms. The van der Waals surface area contributed by atoms with Crippen molar-refractivity contribution in [2.45, 2.75) is 39.3 Å². The number of nitrogens with one attached hydrogen (secondary N) is 1. The van der Waals surface area contributed by atoms with Gasteiger partial charge < -0.3 is 34.0 Å². The predicted octanol–water partition coefficient (Wildman–Crippen LogP) is 5.56. The maximum absolute atomic E-state index is 13.7. The van der Waals surface area contributed by atoms with E-state index in [0.717, 1.165) is 42.6 Å². The molecule has 0 saturated carbocycles. The Morgan fingerprint density at radius 2 is 1.68 bits per heavy atom. The molecule has 2 N–H and O–H groups in total. The van der Waals surface area contributed by atoms with Crippen LogP contribution >= 0.6 is 0 Å². The van der Waals surface area contributed by atoms with Gasteiger partial charge in [0, 0.05) is 18.7 Å². The lowest BCUT2D eigenvalue weighted by Gasteiger charge is -2.34. The van der Waals surface area contributed by atoms with Crippen LogP contribution in [0.5, 0.6) is 17.2 Å². The molecule has 2 heterocycles. The van der Waals surface area contributed by atoms with Crippen molar-refractivity contribution in [1.82, 2.24) is 10.3 Å². The smallest absolute Gasteiger partial charge is 0.298 e. The molecule has 0 unspecified atom stereocenters. The highest BCUT2D eigenvalue weighted by molar-refractivity contribution is 5.78. The second kappa shape index (κ2) is 13.0. The summed E-state index contributed by atoms with van der Waals surface area (Å²) in [7, 11) is 0. The van der Waals surface area contributed by atoms with Gasteiger partial charge in [0.15, 0.2) is 5.58 Å². The molecule has 1 aromatic heterocycles. The molecule has 0 spiro atoms. The summed E-state index contributed by atoms with van der Waals surface area (Å²) in [6.07, 6.45) is 1.90. The van der Waals surface area contributed by atoms with Crippen LogP contribution in [-0.2, 0) is 6.54 Å². The van der Waals surface area contributed by atoms with E-state index in [0.29, 0.717) is 54.1 Å². The number of halogens is 1. The van der Waals surface area contributed by atoms with Crippen molar-refractivity contribution in [2.24, 2.45) is 0 Å². The summed E-state index contributed by atoms with van der Waals surface area (Å²) in [5.41, 5.74) is 3.99. The zero-order valence-corrected chi connectivity index (χ0v) is 23.0. The second-order valence-corrected chi connectivity index (χ2v) is 9.65. The molecule has 0 bridgehead atoms. The Morgan fingerprint density at radius 3 is 2.33 bits per heavy atom. The minimum Gasteiger partial charge on any atom is -0.493 e. The maximum Gasteiger partial charge on any atom is 0.298 e. The van der Waals surface area contributed by atoms with E-state index in [1.807, 2.05) is 44.2 Å². The number of aromatic nitrogens is 1. The van der Waals surface area contributed by atoms with Crippen molar-refractivity contribution >= 4 is 17.1 Å².